The third kappa shape index (κ3) is 3.29. The van der Waals surface area contributed by atoms with Gasteiger partial charge in [-0.25, -0.2) is 4.79 Å². The van der Waals surface area contributed by atoms with E-state index in [0.717, 1.165) is 12.1 Å². The highest BCUT2D eigenvalue weighted by Crippen LogP contribution is 2.38. The SMILES string of the molecule is CC1CN(C(=O)NCCCC(=O)O)C1c1ccccc1. The molecule has 0 bridgehead atoms. The normalized spacial score (nSPS) is 21.1. The van der Waals surface area contributed by atoms with Gasteiger partial charge in [0.05, 0.1) is 6.04 Å². The molecule has 2 atom stereocenters. The van der Waals surface area contributed by atoms with Crippen molar-refractivity contribution in [2.45, 2.75) is 25.8 Å². The summed E-state index contributed by atoms with van der Waals surface area (Å²) in [7, 11) is 0. The summed E-state index contributed by atoms with van der Waals surface area (Å²) in [5, 5.41) is 11.3. The Morgan fingerprint density at radius 3 is 2.65 bits per heavy atom. The van der Waals surface area contributed by atoms with E-state index in [1.54, 1.807) is 4.90 Å². The number of hydrogen-bond acceptors (Lipinski definition) is 2. The summed E-state index contributed by atoms with van der Waals surface area (Å²) in [4.78, 5) is 24.3. The molecule has 1 fully saturated rings. The predicted molar refractivity (Wildman–Crippen MR) is 75.3 cm³/mol. The summed E-state index contributed by atoms with van der Waals surface area (Å²) in [5.74, 6) is -0.388. The van der Waals surface area contributed by atoms with Gasteiger partial charge in [0.2, 0.25) is 0 Å². The average molecular weight is 276 g/mol. The van der Waals surface area contributed by atoms with E-state index in [4.69, 9.17) is 5.11 Å². The molecule has 2 rings (SSSR count). The number of nitrogens with one attached hydrogen (secondary N) is 1. The highest BCUT2D eigenvalue weighted by molar-refractivity contribution is 5.76. The van der Waals surface area contributed by atoms with Crippen LogP contribution in [0, 0.1) is 5.92 Å². The van der Waals surface area contributed by atoms with Crippen LogP contribution in [0.4, 0.5) is 4.79 Å². The fourth-order valence-electron chi connectivity index (χ4n) is 2.60. The minimum atomic E-state index is -0.834. The molecule has 0 spiro atoms. The molecule has 2 unspecified atom stereocenters. The first-order valence-electron chi connectivity index (χ1n) is 6.91. The molecule has 5 nitrogen and oxygen atoms in total. The fourth-order valence-corrected chi connectivity index (χ4v) is 2.60. The topological polar surface area (TPSA) is 69.6 Å². The van der Waals surface area contributed by atoms with E-state index in [-0.39, 0.29) is 18.5 Å². The van der Waals surface area contributed by atoms with Crippen molar-refractivity contribution in [3.05, 3.63) is 35.9 Å². The maximum absolute atomic E-state index is 12.1. The van der Waals surface area contributed by atoms with Crippen LogP contribution in [0.1, 0.15) is 31.4 Å². The second-order valence-corrected chi connectivity index (χ2v) is 5.21. The van der Waals surface area contributed by atoms with Gasteiger partial charge >= 0.3 is 12.0 Å². The molecule has 1 aromatic carbocycles. The zero-order chi connectivity index (χ0) is 14.5. The van der Waals surface area contributed by atoms with Crippen molar-refractivity contribution in [1.82, 2.24) is 10.2 Å². The van der Waals surface area contributed by atoms with Crippen molar-refractivity contribution >= 4 is 12.0 Å². The molecule has 0 radical (unpaired) electrons. The predicted octanol–water partition coefficient (Wildman–Crippen LogP) is 2.25. The Morgan fingerprint density at radius 1 is 1.35 bits per heavy atom. The van der Waals surface area contributed by atoms with E-state index in [1.807, 2.05) is 30.3 Å². The van der Waals surface area contributed by atoms with E-state index in [1.165, 1.54) is 0 Å². The fraction of sp³-hybridized carbons (Fsp3) is 0.467. The Kier molecular flexibility index (Phi) is 4.61. The number of likely N-dealkylation sites (tertiary alicyclic amines) is 1. The van der Waals surface area contributed by atoms with Crippen LogP contribution in [-0.2, 0) is 4.79 Å². The number of carboxylic acids is 1. The van der Waals surface area contributed by atoms with Crippen LogP contribution in [0.3, 0.4) is 0 Å². The monoisotopic (exact) mass is 276 g/mol. The third-order valence-corrected chi connectivity index (χ3v) is 3.61. The summed E-state index contributed by atoms with van der Waals surface area (Å²) in [6.07, 6.45) is 0.541. The number of carboxylic acid groups (broad SMARTS) is 1. The molecule has 5 heteroatoms. The van der Waals surface area contributed by atoms with Gasteiger partial charge < -0.3 is 15.3 Å². The molecule has 2 amide bonds. The lowest BCUT2D eigenvalue weighted by atomic mass is 9.85. The van der Waals surface area contributed by atoms with Crippen LogP contribution in [0.5, 0.6) is 0 Å². The number of benzene rings is 1. The number of carbonyl (C=O) groups is 2. The molecule has 108 valence electrons. The Hall–Kier alpha value is -2.04. The maximum atomic E-state index is 12.1. The van der Waals surface area contributed by atoms with Crippen LogP contribution in [0.25, 0.3) is 0 Å². The van der Waals surface area contributed by atoms with E-state index < -0.39 is 5.97 Å². The summed E-state index contributed by atoms with van der Waals surface area (Å²) in [6, 6.07) is 9.99. The number of aliphatic carboxylic acids is 1. The lowest BCUT2D eigenvalue weighted by Crippen LogP contribution is -2.55. The largest absolute Gasteiger partial charge is 0.481 e. The van der Waals surface area contributed by atoms with E-state index in [2.05, 4.69) is 12.2 Å². The molecule has 1 aliphatic heterocycles. The Morgan fingerprint density at radius 2 is 2.05 bits per heavy atom. The van der Waals surface area contributed by atoms with Gasteiger partial charge in [-0.1, -0.05) is 37.3 Å². The van der Waals surface area contributed by atoms with Gasteiger partial charge in [-0.3, -0.25) is 4.79 Å². The smallest absolute Gasteiger partial charge is 0.317 e. The number of urea groups is 1. The average Bonchev–Trinajstić information content (AvgIpc) is 2.41. The van der Waals surface area contributed by atoms with Crippen molar-refractivity contribution in [3.63, 3.8) is 0 Å². The second-order valence-electron chi connectivity index (χ2n) is 5.21. The van der Waals surface area contributed by atoms with Gasteiger partial charge in [0.1, 0.15) is 0 Å². The van der Waals surface area contributed by atoms with Crippen molar-refractivity contribution < 1.29 is 14.7 Å². The zero-order valence-corrected chi connectivity index (χ0v) is 11.6. The summed E-state index contributed by atoms with van der Waals surface area (Å²) >= 11 is 0. The first-order chi connectivity index (χ1) is 9.59. The van der Waals surface area contributed by atoms with Crippen molar-refractivity contribution in [1.29, 1.82) is 0 Å². The number of hydrogen-bond donors (Lipinski definition) is 2. The third-order valence-electron chi connectivity index (χ3n) is 3.61. The van der Waals surface area contributed by atoms with Crippen molar-refractivity contribution in [2.24, 2.45) is 5.92 Å². The van der Waals surface area contributed by atoms with Crippen LogP contribution in [0.2, 0.25) is 0 Å². The Bertz CT molecular complexity index is 475. The maximum Gasteiger partial charge on any atom is 0.317 e. The Balaban J connectivity index is 1.86. The number of rotatable bonds is 5. The summed E-state index contributed by atoms with van der Waals surface area (Å²) < 4.78 is 0. The van der Waals surface area contributed by atoms with Gasteiger partial charge in [-0.05, 0) is 17.9 Å². The first-order valence-corrected chi connectivity index (χ1v) is 6.91. The summed E-state index contributed by atoms with van der Waals surface area (Å²) in [6.45, 7) is 3.27. The van der Waals surface area contributed by atoms with Crippen LogP contribution in [0.15, 0.2) is 30.3 Å². The molecule has 1 saturated heterocycles. The van der Waals surface area contributed by atoms with Gasteiger partial charge in [-0.15, -0.1) is 0 Å². The lowest BCUT2D eigenvalue weighted by Gasteiger charge is -2.46. The van der Waals surface area contributed by atoms with Crippen LogP contribution in [-0.4, -0.2) is 35.1 Å². The van der Waals surface area contributed by atoms with Gasteiger partial charge in [0.25, 0.3) is 0 Å². The second kappa shape index (κ2) is 6.41. The number of carbonyl (C=O) groups excluding carboxylic acids is 1. The molecular formula is C15H20N2O3. The van der Waals surface area contributed by atoms with E-state index in [0.29, 0.717) is 18.9 Å². The minimum Gasteiger partial charge on any atom is -0.481 e. The van der Waals surface area contributed by atoms with Gasteiger partial charge in [0.15, 0.2) is 0 Å². The molecular weight excluding hydrogens is 256 g/mol. The Labute approximate surface area is 118 Å². The van der Waals surface area contributed by atoms with Crippen molar-refractivity contribution in [3.8, 4) is 0 Å². The van der Waals surface area contributed by atoms with E-state index >= 15 is 0 Å². The van der Waals surface area contributed by atoms with Gasteiger partial charge in [0, 0.05) is 19.5 Å². The highest BCUT2D eigenvalue weighted by atomic mass is 16.4. The van der Waals surface area contributed by atoms with Crippen LogP contribution < -0.4 is 5.32 Å². The lowest BCUT2D eigenvalue weighted by molar-refractivity contribution is -0.137. The van der Waals surface area contributed by atoms with Gasteiger partial charge in [-0.2, -0.15) is 0 Å². The molecule has 0 aromatic heterocycles. The molecule has 1 aromatic rings. The summed E-state index contributed by atoms with van der Waals surface area (Å²) in [5.41, 5.74) is 1.15. The molecule has 20 heavy (non-hydrogen) atoms. The molecule has 1 aliphatic rings. The highest BCUT2D eigenvalue weighted by Gasteiger charge is 2.39. The molecule has 0 aliphatic carbocycles. The number of nitrogens with zero attached hydrogens (tertiary/aromatic N) is 1. The van der Waals surface area contributed by atoms with Crippen LogP contribution >= 0.6 is 0 Å². The zero-order valence-electron chi connectivity index (χ0n) is 11.6. The first kappa shape index (κ1) is 14.4. The van der Waals surface area contributed by atoms with E-state index in [9.17, 15) is 9.59 Å². The standard InChI is InChI=1S/C15H20N2O3/c1-11-10-17(14(11)12-6-3-2-4-7-12)15(20)16-9-5-8-13(18)19/h2-4,6-7,11,14H,5,8-10H2,1H3,(H,16,20)(H,18,19). The number of amides is 2. The molecule has 0 saturated carbocycles. The molecule has 1 heterocycles. The van der Waals surface area contributed by atoms with Crippen molar-refractivity contribution in [2.75, 3.05) is 13.1 Å². The molecule has 2 N–H and O–H groups in total. The quantitative estimate of drug-likeness (QED) is 0.810. The minimum absolute atomic E-state index is 0.0821.